The molecule has 0 radical (unpaired) electrons. The van der Waals surface area contributed by atoms with Crippen LogP contribution in [0.25, 0.3) is 0 Å². The summed E-state index contributed by atoms with van der Waals surface area (Å²) < 4.78 is 23.0. The second kappa shape index (κ2) is 8.23. The van der Waals surface area contributed by atoms with Crippen LogP contribution >= 0.6 is 11.8 Å². The third kappa shape index (κ3) is 4.98. The van der Waals surface area contributed by atoms with Gasteiger partial charge in [0.15, 0.2) is 14.6 Å². The number of benzene rings is 1. The standard InChI is InChI=1S/C17H23NO5S2/c1-25(22,23)17(8-2-3-9-17)16(21)18-14-6-4-5-13(11-14)12-24-10-7-15(19)20/h4-6,11H,2-3,7-10,12H2,1H3,(H,18,21)(H,19,20). The Kier molecular flexibility index (Phi) is 6.51. The first kappa shape index (κ1) is 19.8. The second-order valence-corrected chi connectivity index (χ2v) is 9.76. The van der Waals surface area contributed by atoms with Crippen LogP contribution in [0.3, 0.4) is 0 Å². The van der Waals surface area contributed by atoms with Gasteiger partial charge in [0.1, 0.15) is 0 Å². The minimum Gasteiger partial charge on any atom is -0.481 e. The molecule has 0 heterocycles. The van der Waals surface area contributed by atoms with Crippen molar-refractivity contribution in [1.29, 1.82) is 0 Å². The van der Waals surface area contributed by atoms with Gasteiger partial charge in [0, 0.05) is 23.4 Å². The molecule has 0 spiro atoms. The molecular weight excluding hydrogens is 362 g/mol. The maximum absolute atomic E-state index is 12.7. The molecule has 1 amide bonds. The molecule has 8 heteroatoms. The molecule has 2 N–H and O–H groups in total. The maximum Gasteiger partial charge on any atom is 0.304 e. The maximum atomic E-state index is 12.7. The lowest BCUT2D eigenvalue weighted by Crippen LogP contribution is -2.47. The Hall–Kier alpha value is -1.54. The lowest BCUT2D eigenvalue weighted by molar-refractivity contribution is -0.136. The highest BCUT2D eigenvalue weighted by Crippen LogP contribution is 2.37. The summed E-state index contributed by atoms with van der Waals surface area (Å²) in [5.41, 5.74) is 1.52. The van der Waals surface area contributed by atoms with Crippen LogP contribution in [0.5, 0.6) is 0 Å². The summed E-state index contributed by atoms with van der Waals surface area (Å²) in [4.78, 5) is 23.2. The van der Waals surface area contributed by atoms with Crippen LogP contribution in [0.2, 0.25) is 0 Å². The first-order valence-corrected chi connectivity index (χ1v) is 11.2. The molecule has 6 nitrogen and oxygen atoms in total. The van der Waals surface area contributed by atoms with Crippen molar-refractivity contribution in [2.75, 3.05) is 17.3 Å². The molecule has 1 aromatic carbocycles. The number of carbonyl (C=O) groups is 2. The third-order valence-electron chi connectivity index (χ3n) is 4.45. The Bertz CT molecular complexity index is 739. The predicted octanol–water partition coefficient (Wildman–Crippen LogP) is 2.69. The van der Waals surface area contributed by atoms with Crippen LogP contribution in [0, 0.1) is 0 Å². The van der Waals surface area contributed by atoms with Gasteiger partial charge in [-0.05, 0) is 30.5 Å². The number of aliphatic carboxylic acids is 1. The van der Waals surface area contributed by atoms with Crippen molar-refractivity contribution in [2.45, 2.75) is 42.6 Å². The topological polar surface area (TPSA) is 101 Å². The average molecular weight is 386 g/mol. The molecule has 0 saturated heterocycles. The van der Waals surface area contributed by atoms with E-state index in [1.165, 1.54) is 11.8 Å². The van der Waals surface area contributed by atoms with Crippen LogP contribution < -0.4 is 5.32 Å². The summed E-state index contributed by atoms with van der Waals surface area (Å²) in [6.45, 7) is 0. The number of anilines is 1. The Balaban J connectivity index is 2.03. The molecule has 2 rings (SSSR count). The highest BCUT2D eigenvalue weighted by Gasteiger charge is 2.49. The van der Waals surface area contributed by atoms with E-state index in [0.717, 1.165) is 24.7 Å². The largest absolute Gasteiger partial charge is 0.481 e. The average Bonchev–Trinajstić information content (AvgIpc) is 3.03. The number of hydrogen-bond donors (Lipinski definition) is 2. The zero-order valence-corrected chi connectivity index (χ0v) is 15.8. The predicted molar refractivity (Wildman–Crippen MR) is 99.5 cm³/mol. The minimum absolute atomic E-state index is 0.109. The fraction of sp³-hybridized carbons (Fsp3) is 0.529. The van der Waals surface area contributed by atoms with Crippen LogP contribution in [0.15, 0.2) is 24.3 Å². The van der Waals surface area contributed by atoms with E-state index in [4.69, 9.17) is 5.11 Å². The quantitative estimate of drug-likeness (QED) is 0.667. The molecule has 1 aromatic rings. The van der Waals surface area contributed by atoms with Crippen molar-refractivity contribution in [3.63, 3.8) is 0 Å². The van der Waals surface area contributed by atoms with E-state index < -0.39 is 26.5 Å². The molecule has 1 aliphatic rings. The van der Waals surface area contributed by atoms with E-state index in [9.17, 15) is 18.0 Å². The first-order valence-electron chi connectivity index (χ1n) is 8.14. The van der Waals surface area contributed by atoms with Crippen LogP contribution in [0.1, 0.15) is 37.7 Å². The lowest BCUT2D eigenvalue weighted by atomic mass is 10.1. The summed E-state index contributed by atoms with van der Waals surface area (Å²) in [5.74, 6) is -0.128. The zero-order valence-electron chi connectivity index (χ0n) is 14.2. The lowest BCUT2D eigenvalue weighted by Gasteiger charge is -2.25. The highest BCUT2D eigenvalue weighted by atomic mass is 32.2. The van der Waals surface area contributed by atoms with Gasteiger partial charge < -0.3 is 10.4 Å². The minimum atomic E-state index is -3.49. The van der Waals surface area contributed by atoms with E-state index >= 15 is 0 Å². The Morgan fingerprint density at radius 1 is 1.28 bits per heavy atom. The van der Waals surface area contributed by atoms with Crippen molar-refractivity contribution < 1.29 is 23.1 Å². The first-order chi connectivity index (χ1) is 11.7. The summed E-state index contributed by atoms with van der Waals surface area (Å²) >= 11 is 1.50. The number of hydrogen-bond acceptors (Lipinski definition) is 5. The summed E-state index contributed by atoms with van der Waals surface area (Å²) in [6.07, 6.45) is 3.44. The number of carbonyl (C=O) groups excluding carboxylic acids is 1. The van der Waals surface area contributed by atoms with E-state index in [0.29, 0.717) is 30.0 Å². The Morgan fingerprint density at radius 2 is 1.96 bits per heavy atom. The monoisotopic (exact) mass is 385 g/mol. The van der Waals surface area contributed by atoms with Gasteiger partial charge in [-0.1, -0.05) is 25.0 Å². The van der Waals surface area contributed by atoms with Gasteiger partial charge in [-0.15, -0.1) is 0 Å². The molecule has 1 fully saturated rings. The number of thioether (sulfide) groups is 1. The van der Waals surface area contributed by atoms with E-state index in [1.54, 1.807) is 18.2 Å². The molecule has 1 aliphatic carbocycles. The molecule has 25 heavy (non-hydrogen) atoms. The fourth-order valence-corrected chi connectivity index (χ4v) is 5.34. The van der Waals surface area contributed by atoms with Crippen molar-refractivity contribution in [3.8, 4) is 0 Å². The summed E-state index contributed by atoms with van der Waals surface area (Å²) in [5, 5.41) is 11.4. The summed E-state index contributed by atoms with van der Waals surface area (Å²) in [6, 6.07) is 7.22. The Labute approximate surface area is 152 Å². The number of rotatable bonds is 8. The van der Waals surface area contributed by atoms with Gasteiger partial charge in [0.25, 0.3) is 0 Å². The van der Waals surface area contributed by atoms with Crippen LogP contribution in [-0.4, -0.2) is 42.2 Å². The number of sulfone groups is 1. The van der Waals surface area contributed by atoms with Gasteiger partial charge in [0.05, 0.1) is 6.42 Å². The smallest absolute Gasteiger partial charge is 0.304 e. The number of nitrogens with one attached hydrogen (secondary N) is 1. The summed E-state index contributed by atoms with van der Waals surface area (Å²) in [7, 11) is -3.49. The second-order valence-electron chi connectivity index (χ2n) is 6.32. The highest BCUT2D eigenvalue weighted by molar-refractivity contribution is 7.98. The molecular formula is C17H23NO5S2. The molecule has 0 aliphatic heterocycles. The van der Waals surface area contributed by atoms with E-state index in [1.807, 2.05) is 6.07 Å². The van der Waals surface area contributed by atoms with Gasteiger partial charge in [0.2, 0.25) is 5.91 Å². The number of carboxylic acids is 1. The third-order valence-corrected chi connectivity index (χ3v) is 7.49. The molecule has 0 bridgehead atoms. The molecule has 138 valence electrons. The normalized spacial score (nSPS) is 16.5. The van der Waals surface area contributed by atoms with Crippen LogP contribution in [-0.2, 0) is 25.2 Å². The molecule has 0 aromatic heterocycles. The van der Waals surface area contributed by atoms with Gasteiger partial charge >= 0.3 is 5.97 Å². The van der Waals surface area contributed by atoms with Gasteiger partial charge in [-0.3, -0.25) is 9.59 Å². The molecule has 1 saturated carbocycles. The number of amides is 1. The van der Waals surface area contributed by atoms with Gasteiger partial charge in [-0.2, -0.15) is 11.8 Å². The SMILES string of the molecule is CS(=O)(=O)C1(C(=O)Nc2cccc(CSCCC(=O)O)c2)CCCC1. The van der Waals surface area contributed by atoms with E-state index in [2.05, 4.69) is 5.32 Å². The van der Waals surface area contributed by atoms with Crippen molar-refractivity contribution >= 4 is 39.2 Å². The Morgan fingerprint density at radius 3 is 2.56 bits per heavy atom. The van der Waals surface area contributed by atoms with Crippen LogP contribution in [0.4, 0.5) is 5.69 Å². The van der Waals surface area contributed by atoms with Crippen molar-refractivity contribution in [3.05, 3.63) is 29.8 Å². The van der Waals surface area contributed by atoms with Gasteiger partial charge in [-0.25, -0.2) is 8.42 Å². The molecule has 0 unspecified atom stereocenters. The van der Waals surface area contributed by atoms with Crippen molar-refractivity contribution in [2.24, 2.45) is 0 Å². The number of carboxylic acid groups (broad SMARTS) is 1. The molecule has 0 atom stereocenters. The van der Waals surface area contributed by atoms with Crippen molar-refractivity contribution in [1.82, 2.24) is 0 Å². The van der Waals surface area contributed by atoms with E-state index in [-0.39, 0.29) is 6.42 Å². The zero-order chi connectivity index (χ0) is 18.5. The fourth-order valence-electron chi connectivity index (χ4n) is 3.05.